The molecule has 0 aliphatic carbocycles. The minimum absolute atomic E-state index is 0.869. The van der Waals surface area contributed by atoms with Crippen molar-refractivity contribution in [1.29, 1.82) is 0 Å². The Kier molecular flexibility index (Phi) is 6.51. The van der Waals surface area contributed by atoms with Crippen LogP contribution in [0.2, 0.25) is 0 Å². The summed E-state index contributed by atoms with van der Waals surface area (Å²) >= 11 is 0. The molecule has 0 radical (unpaired) electrons. The molecular weight excluding hydrogens is 144 g/mol. The first-order chi connectivity index (χ1) is 5.56. The Balaban J connectivity index is 3.46. The predicted octanol–water partition coefficient (Wildman–Crippen LogP) is 4.49. The summed E-state index contributed by atoms with van der Waals surface area (Å²) in [5.74, 6) is 2.73. The Bertz CT molecular complexity index is 94.2. The first kappa shape index (κ1) is 12.0. The molecule has 0 spiro atoms. The van der Waals surface area contributed by atoms with Crippen LogP contribution in [0.25, 0.3) is 0 Å². The zero-order valence-electron chi connectivity index (χ0n) is 9.56. The molecule has 0 unspecified atom stereocenters. The van der Waals surface area contributed by atoms with Crippen molar-refractivity contribution >= 4 is 0 Å². The maximum Gasteiger partial charge on any atom is -0.0438 e. The second kappa shape index (κ2) is 6.51. The Morgan fingerprint density at radius 3 is 1.83 bits per heavy atom. The van der Waals surface area contributed by atoms with Gasteiger partial charge in [0.1, 0.15) is 0 Å². The summed E-state index contributed by atoms with van der Waals surface area (Å²) in [4.78, 5) is 0. The van der Waals surface area contributed by atoms with Crippen LogP contribution in [-0.4, -0.2) is 0 Å². The molecule has 0 aromatic rings. The van der Waals surface area contributed by atoms with E-state index in [4.69, 9.17) is 0 Å². The van der Waals surface area contributed by atoms with Crippen molar-refractivity contribution in [3.8, 4) is 0 Å². The van der Waals surface area contributed by atoms with Crippen molar-refractivity contribution in [3.63, 3.8) is 0 Å². The van der Waals surface area contributed by atoms with E-state index in [1.807, 2.05) is 0 Å². The predicted molar refractivity (Wildman–Crippen MR) is 57.3 cm³/mol. The largest absolute Gasteiger partial charge is 0.0654 e. The molecule has 0 nitrogen and oxygen atoms in total. The molecule has 0 aliphatic heterocycles. The van der Waals surface area contributed by atoms with Gasteiger partial charge in [-0.25, -0.2) is 0 Å². The molecule has 0 aromatic heterocycles. The van der Waals surface area contributed by atoms with Gasteiger partial charge in [0, 0.05) is 0 Å². The highest BCUT2D eigenvalue weighted by molar-refractivity contribution is 4.61. The number of hydrogen-bond acceptors (Lipinski definition) is 0. The highest BCUT2D eigenvalue weighted by Crippen LogP contribution is 2.21. The Labute approximate surface area is 78.8 Å². The van der Waals surface area contributed by atoms with E-state index in [1.165, 1.54) is 25.7 Å². The molecule has 0 saturated heterocycles. The minimum Gasteiger partial charge on any atom is -0.0654 e. The van der Waals surface area contributed by atoms with Gasteiger partial charge in [-0.1, -0.05) is 47.5 Å². The van der Waals surface area contributed by atoms with Crippen LogP contribution in [0.5, 0.6) is 0 Å². The fourth-order valence-electron chi connectivity index (χ4n) is 2.20. The molecule has 0 bridgehead atoms. The van der Waals surface area contributed by atoms with Crippen LogP contribution in [0, 0.1) is 17.8 Å². The van der Waals surface area contributed by atoms with Crippen LogP contribution >= 0.6 is 0 Å². The topological polar surface area (TPSA) is 0 Å². The third-order valence-corrected chi connectivity index (χ3v) is 2.46. The van der Waals surface area contributed by atoms with Gasteiger partial charge in [-0.05, 0) is 30.6 Å². The monoisotopic (exact) mass is 170 g/mol. The van der Waals surface area contributed by atoms with Gasteiger partial charge in [0.2, 0.25) is 0 Å². The van der Waals surface area contributed by atoms with E-state index in [-0.39, 0.29) is 0 Å². The van der Waals surface area contributed by atoms with E-state index >= 15 is 0 Å². The summed E-state index contributed by atoms with van der Waals surface area (Å²) in [6, 6.07) is 0. The van der Waals surface area contributed by atoms with Gasteiger partial charge in [-0.2, -0.15) is 0 Å². The van der Waals surface area contributed by atoms with E-state index in [0.29, 0.717) is 0 Å². The summed E-state index contributed by atoms with van der Waals surface area (Å²) in [6.07, 6.45) is 5.57. The van der Waals surface area contributed by atoms with Crippen LogP contribution < -0.4 is 0 Å². The van der Waals surface area contributed by atoms with Gasteiger partial charge in [-0.3, -0.25) is 0 Å². The Morgan fingerprint density at radius 2 is 1.42 bits per heavy atom. The molecule has 74 valence electrons. The van der Waals surface area contributed by atoms with Crippen LogP contribution in [0.1, 0.15) is 60.3 Å². The van der Waals surface area contributed by atoms with Gasteiger partial charge in [-0.15, -0.1) is 0 Å². The van der Waals surface area contributed by atoms with Gasteiger partial charge in [0.15, 0.2) is 0 Å². The summed E-state index contributed by atoms with van der Waals surface area (Å²) in [7, 11) is 0. The lowest BCUT2D eigenvalue weighted by molar-refractivity contribution is 0.342. The fourth-order valence-corrected chi connectivity index (χ4v) is 2.20. The third kappa shape index (κ3) is 6.69. The van der Waals surface area contributed by atoms with Crippen molar-refractivity contribution < 1.29 is 0 Å². The van der Waals surface area contributed by atoms with Crippen molar-refractivity contribution in [1.82, 2.24) is 0 Å². The third-order valence-electron chi connectivity index (χ3n) is 2.46. The zero-order chi connectivity index (χ0) is 9.56. The maximum atomic E-state index is 2.40. The molecule has 2 atom stereocenters. The lowest BCUT2D eigenvalue weighted by Gasteiger charge is -2.18. The lowest BCUT2D eigenvalue weighted by atomic mass is 9.88. The summed E-state index contributed by atoms with van der Waals surface area (Å²) in [5.41, 5.74) is 0. The molecular formula is C12H26. The SMILES string of the molecule is CCC[C@@H](C)C[C@@H](C)CC(C)C. The minimum atomic E-state index is 0.869. The average molecular weight is 170 g/mol. The highest BCUT2D eigenvalue weighted by Gasteiger charge is 2.09. The molecule has 0 rings (SSSR count). The molecule has 12 heavy (non-hydrogen) atoms. The first-order valence-corrected chi connectivity index (χ1v) is 5.56. The van der Waals surface area contributed by atoms with Gasteiger partial charge in [0.05, 0.1) is 0 Å². The van der Waals surface area contributed by atoms with E-state index in [2.05, 4.69) is 34.6 Å². The molecule has 0 saturated carbocycles. The average Bonchev–Trinajstić information content (AvgIpc) is 1.84. The highest BCUT2D eigenvalue weighted by atomic mass is 14.1. The smallest absolute Gasteiger partial charge is 0.0438 e. The lowest BCUT2D eigenvalue weighted by Crippen LogP contribution is -2.05. The second-order valence-corrected chi connectivity index (χ2v) is 4.86. The van der Waals surface area contributed by atoms with Crippen molar-refractivity contribution in [2.45, 2.75) is 60.3 Å². The number of rotatable bonds is 6. The standard InChI is InChI=1S/C12H26/c1-6-7-11(4)9-12(5)8-10(2)3/h10-12H,6-9H2,1-5H3/t11-,12+/m1/s1. The molecule has 0 N–H and O–H groups in total. The zero-order valence-corrected chi connectivity index (χ0v) is 9.56. The second-order valence-electron chi connectivity index (χ2n) is 4.86. The quantitative estimate of drug-likeness (QED) is 0.551. The number of hydrogen-bond donors (Lipinski definition) is 0. The molecule has 0 aromatic carbocycles. The van der Waals surface area contributed by atoms with Crippen molar-refractivity contribution in [2.75, 3.05) is 0 Å². The Morgan fingerprint density at radius 1 is 0.833 bits per heavy atom. The molecule has 0 heterocycles. The van der Waals surface area contributed by atoms with Gasteiger partial charge < -0.3 is 0 Å². The van der Waals surface area contributed by atoms with E-state index in [0.717, 1.165) is 17.8 Å². The molecule has 0 fully saturated rings. The van der Waals surface area contributed by atoms with E-state index < -0.39 is 0 Å². The Hall–Kier alpha value is 0. The summed E-state index contributed by atoms with van der Waals surface area (Å²) in [6.45, 7) is 11.7. The van der Waals surface area contributed by atoms with Crippen LogP contribution in [0.15, 0.2) is 0 Å². The normalized spacial score (nSPS) is 16.5. The maximum absolute atomic E-state index is 2.40. The molecule has 0 heteroatoms. The van der Waals surface area contributed by atoms with E-state index in [1.54, 1.807) is 0 Å². The summed E-state index contributed by atoms with van der Waals surface area (Å²) < 4.78 is 0. The van der Waals surface area contributed by atoms with Crippen LogP contribution in [0.4, 0.5) is 0 Å². The van der Waals surface area contributed by atoms with Gasteiger partial charge >= 0.3 is 0 Å². The first-order valence-electron chi connectivity index (χ1n) is 5.56. The van der Waals surface area contributed by atoms with Crippen molar-refractivity contribution in [2.24, 2.45) is 17.8 Å². The molecule has 0 aliphatic rings. The van der Waals surface area contributed by atoms with Gasteiger partial charge in [0.25, 0.3) is 0 Å². The molecule has 0 amide bonds. The van der Waals surface area contributed by atoms with Crippen molar-refractivity contribution in [3.05, 3.63) is 0 Å². The van der Waals surface area contributed by atoms with Crippen LogP contribution in [-0.2, 0) is 0 Å². The fraction of sp³-hybridized carbons (Fsp3) is 1.00. The van der Waals surface area contributed by atoms with E-state index in [9.17, 15) is 0 Å². The van der Waals surface area contributed by atoms with Crippen LogP contribution in [0.3, 0.4) is 0 Å². The summed E-state index contributed by atoms with van der Waals surface area (Å²) in [5, 5.41) is 0.